The van der Waals surface area contributed by atoms with Crippen molar-refractivity contribution in [3.05, 3.63) is 41.3 Å². The van der Waals surface area contributed by atoms with Crippen molar-refractivity contribution >= 4 is 26.8 Å². The Balaban J connectivity index is 1.86. The van der Waals surface area contributed by atoms with Crippen molar-refractivity contribution in [1.82, 2.24) is 19.6 Å². The van der Waals surface area contributed by atoms with Crippen LogP contribution in [0.25, 0.3) is 16.6 Å². The third-order valence-electron chi connectivity index (χ3n) is 3.29. The largest absolute Gasteiger partial charge is 0.267 e. The molecule has 0 spiro atoms. The summed E-state index contributed by atoms with van der Waals surface area (Å²) in [5.74, 6) is 0. The second-order valence-corrected chi connectivity index (χ2v) is 5.58. The first kappa shape index (κ1) is 10.3. The highest BCUT2D eigenvalue weighted by Gasteiger charge is 2.24. The Bertz CT molecular complexity index is 724. The van der Waals surface area contributed by atoms with Gasteiger partial charge in [0.15, 0.2) is 0 Å². The van der Waals surface area contributed by atoms with E-state index in [9.17, 15) is 0 Å². The number of benzene rings is 1. The average Bonchev–Trinajstić information content (AvgIpc) is 2.96. The van der Waals surface area contributed by atoms with Gasteiger partial charge < -0.3 is 0 Å². The summed E-state index contributed by atoms with van der Waals surface area (Å²) < 4.78 is 5.04. The Morgan fingerprint density at radius 1 is 1.17 bits per heavy atom. The predicted octanol–water partition coefficient (Wildman–Crippen LogP) is 3.32. The lowest BCUT2D eigenvalue weighted by atomic mass is 10.2. The van der Waals surface area contributed by atoms with Gasteiger partial charge in [-0.2, -0.15) is 10.2 Å². The highest BCUT2D eigenvalue weighted by Crippen LogP contribution is 2.34. The highest BCUT2D eigenvalue weighted by molar-refractivity contribution is 9.10. The first-order chi connectivity index (χ1) is 8.81. The number of nitrogens with zero attached hydrogens (tertiary/aromatic N) is 4. The van der Waals surface area contributed by atoms with Crippen LogP contribution in [-0.2, 0) is 0 Å². The van der Waals surface area contributed by atoms with E-state index in [4.69, 9.17) is 0 Å². The molecule has 0 atom stereocenters. The van der Waals surface area contributed by atoms with E-state index in [0.29, 0.717) is 6.04 Å². The molecule has 4 nitrogen and oxygen atoms in total. The quantitative estimate of drug-likeness (QED) is 0.728. The van der Waals surface area contributed by atoms with E-state index in [1.54, 1.807) is 0 Å². The zero-order chi connectivity index (χ0) is 12.1. The minimum Gasteiger partial charge on any atom is -0.267 e. The maximum Gasteiger partial charge on any atom is 0.103 e. The van der Waals surface area contributed by atoms with Gasteiger partial charge in [0.05, 0.1) is 30.1 Å². The molecule has 1 aliphatic rings. The average molecular weight is 303 g/mol. The zero-order valence-corrected chi connectivity index (χ0v) is 11.2. The summed E-state index contributed by atoms with van der Waals surface area (Å²) in [6.07, 6.45) is 8.33. The molecule has 1 aromatic carbocycles. The molecule has 0 unspecified atom stereocenters. The molecular formula is C13H11BrN4. The van der Waals surface area contributed by atoms with Gasteiger partial charge in [-0.3, -0.25) is 4.68 Å². The fourth-order valence-corrected chi connectivity index (χ4v) is 2.52. The molecule has 0 amide bonds. The van der Waals surface area contributed by atoms with E-state index in [-0.39, 0.29) is 0 Å². The first-order valence-corrected chi connectivity index (χ1v) is 6.78. The molecule has 0 aliphatic heterocycles. The fourth-order valence-electron chi connectivity index (χ4n) is 2.17. The van der Waals surface area contributed by atoms with Crippen LogP contribution in [0.1, 0.15) is 18.9 Å². The summed E-state index contributed by atoms with van der Waals surface area (Å²) in [5.41, 5.74) is 2.12. The molecule has 4 rings (SSSR count). The molecule has 0 saturated heterocycles. The lowest BCUT2D eigenvalue weighted by Gasteiger charge is -2.00. The van der Waals surface area contributed by atoms with Crippen LogP contribution in [0.5, 0.6) is 0 Å². The number of hydrogen-bond acceptors (Lipinski definition) is 2. The second kappa shape index (κ2) is 3.68. The lowest BCUT2D eigenvalue weighted by molar-refractivity contribution is 0.641. The Hall–Kier alpha value is -1.62. The minimum absolute atomic E-state index is 0.604. The smallest absolute Gasteiger partial charge is 0.103 e. The highest BCUT2D eigenvalue weighted by atomic mass is 79.9. The van der Waals surface area contributed by atoms with Gasteiger partial charge in [0.1, 0.15) is 5.69 Å². The number of rotatable bonds is 2. The summed E-state index contributed by atoms with van der Waals surface area (Å²) in [4.78, 5) is 0. The third kappa shape index (κ3) is 1.58. The number of fused-ring (bicyclic) bond motifs is 1. The fraction of sp³-hybridized carbons (Fsp3) is 0.231. The Morgan fingerprint density at radius 2 is 2.06 bits per heavy atom. The molecule has 0 radical (unpaired) electrons. The minimum atomic E-state index is 0.604. The van der Waals surface area contributed by atoms with Crippen molar-refractivity contribution in [2.45, 2.75) is 18.9 Å². The summed E-state index contributed by atoms with van der Waals surface area (Å²) in [7, 11) is 0. The molecule has 5 heteroatoms. The normalized spacial score (nSPS) is 15.4. The van der Waals surface area contributed by atoms with E-state index >= 15 is 0 Å². The summed E-state index contributed by atoms with van der Waals surface area (Å²) >= 11 is 3.50. The Morgan fingerprint density at radius 3 is 2.89 bits per heavy atom. The standard InChI is InChI=1S/C13H11BrN4/c14-10-2-1-9-6-16-18(13(9)5-10)12-7-15-17(8-12)11-3-4-11/h1-2,5-8,11H,3-4H2. The molecule has 2 aromatic heterocycles. The molecular weight excluding hydrogens is 292 g/mol. The van der Waals surface area contributed by atoms with Crippen molar-refractivity contribution in [3.63, 3.8) is 0 Å². The number of aromatic nitrogens is 4. The van der Waals surface area contributed by atoms with Gasteiger partial charge in [0.25, 0.3) is 0 Å². The number of halogens is 1. The molecule has 2 heterocycles. The van der Waals surface area contributed by atoms with Crippen LogP contribution < -0.4 is 0 Å². The van der Waals surface area contributed by atoms with Crippen LogP contribution in [0.2, 0.25) is 0 Å². The van der Waals surface area contributed by atoms with Gasteiger partial charge in [-0.1, -0.05) is 22.0 Å². The van der Waals surface area contributed by atoms with Crippen molar-refractivity contribution in [2.75, 3.05) is 0 Å². The van der Waals surface area contributed by atoms with E-state index < -0.39 is 0 Å². The van der Waals surface area contributed by atoms with Gasteiger partial charge >= 0.3 is 0 Å². The van der Waals surface area contributed by atoms with Crippen LogP contribution in [-0.4, -0.2) is 19.6 Å². The van der Waals surface area contributed by atoms with Crippen LogP contribution in [0.15, 0.2) is 41.3 Å². The van der Waals surface area contributed by atoms with E-state index in [2.05, 4.69) is 44.5 Å². The van der Waals surface area contributed by atoms with E-state index in [0.717, 1.165) is 21.1 Å². The number of hydrogen-bond donors (Lipinski definition) is 0. The monoisotopic (exact) mass is 302 g/mol. The maximum atomic E-state index is 4.44. The van der Waals surface area contributed by atoms with Crippen LogP contribution in [0.3, 0.4) is 0 Å². The topological polar surface area (TPSA) is 35.6 Å². The van der Waals surface area contributed by atoms with Gasteiger partial charge in [-0.15, -0.1) is 0 Å². The Kier molecular flexibility index (Phi) is 2.11. The van der Waals surface area contributed by atoms with Gasteiger partial charge in [-0.25, -0.2) is 4.68 Å². The van der Waals surface area contributed by atoms with E-state index in [1.165, 1.54) is 12.8 Å². The molecule has 0 N–H and O–H groups in total. The Labute approximate surface area is 112 Å². The maximum absolute atomic E-state index is 4.44. The van der Waals surface area contributed by atoms with Crippen LogP contribution in [0, 0.1) is 0 Å². The predicted molar refractivity (Wildman–Crippen MR) is 72.8 cm³/mol. The lowest BCUT2D eigenvalue weighted by Crippen LogP contribution is -1.95. The van der Waals surface area contributed by atoms with Crippen molar-refractivity contribution < 1.29 is 0 Å². The van der Waals surface area contributed by atoms with Gasteiger partial charge in [0.2, 0.25) is 0 Å². The van der Waals surface area contributed by atoms with Crippen LogP contribution in [0.4, 0.5) is 0 Å². The van der Waals surface area contributed by atoms with Gasteiger partial charge in [-0.05, 0) is 25.0 Å². The van der Waals surface area contributed by atoms with Crippen molar-refractivity contribution in [1.29, 1.82) is 0 Å². The molecule has 90 valence electrons. The molecule has 1 saturated carbocycles. The summed E-state index contributed by atoms with van der Waals surface area (Å²) in [6.45, 7) is 0. The molecule has 1 fully saturated rings. The summed E-state index contributed by atoms with van der Waals surface area (Å²) in [6, 6.07) is 6.78. The van der Waals surface area contributed by atoms with Crippen molar-refractivity contribution in [2.24, 2.45) is 0 Å². The zero-order valence-electron chi connectivity index (χ0n) is 9.62. The van der Waals surface area contributed by atoms with Crippen LogP contribution >= 0.6 is 15.9 Å². The molecule has 1 aliphatic carbocycles. The molecule has 3 aromatic rings. The molecule has 0 bridgehead atoms. The molecule has 18 heavy (non-hydrogen) atoms. The second-order valence-electron chi connectivity index (χ2n) is 4.67. The van der Waals surface area contributed by atoms with Gasteiger partial charge in [0, 0.05) is 9.86 Å². The third-order valence-corrected chi connectivity index (χ3v) is 3.78. The van der Waals surface area contributed by atoms with Crippen molar-refractivity contribution in [3.8, 4) is 5.69 Å². The SMILES string of the molecule is Brc1ccc2cnn(-c3cnn(C4CC4)c3)c2c1. The summed E-state index contributed by atoms with van der Waals surface area (Å²) in [5, 5.41) is 9.99. The first-order valence-electron chi connectivity index (χ1n) is 5.99. The van der Waals surface area contributed by atoms with E-state index in [1.807, 2.05) is 27.8 Å².